The van der Waals surface area contributed by atoms with Gasteiger partial charge in [-0.05, 0) is 32.9 Å². The molecule has 0 rings (SSSR count). The third-order valence-electron chi connectivity index (χ3n) is 11.5. The van der Waals surface area contributed by atoms with Gasteiger partial charge in [-0.2, -0.15) is 0 Å². The van der Waals surface area contributed by atoms with Crippen molar-refractivity contribution in [1.82, 2.24) is 4.90 Å². The van der Waals surface area contributed by atoms with Crippen LogP contribution in [0.1, 0.15) is 278 Å². The molecule has 0 bridgehead atoms. The van der Waals surface area contributed by atoms with Crippen LogP contribution < -0.4 is 56.5 Å². The molecule has 51 heavy (non-hydrogen) atoms. The Morgan fingerprint density at radius 2 is 0.510 bits per heavy atom. The summed E-state index contributed by atoms with van der Waals surface area (Å²) in [6, 6.07) is -0.462. The summed E-state index contributed by atoms with van der Waals surface area (Å²) in [4.78, 5) is 13.8. The standard InChI is InChI=1S/C47H95NO2.K/c1-4-6-8-10-12-14-16-18-20-22-24-26-28-30-32-34-36-38-40-42-44-48(46(3)47(49)50)45-43-41-39-37-35-33-31-29-27-25-23-21-19-17-15-13-11-9-7-5-2;/h46H,4-45H2,1-3H3,(H,49,50);/q;+1/p-1. The van der Waals surface area contributed by atoms with Crippen LogP contribution in [0.25, 0.3) is 0 Å². The third-order valence-corrected chi connectivity index (χ3v) is 11.5. The number of rotatable bonds is 44. The number of carbonyl (C=O) groups excluding carboxylic acids is 1. The summed E-state index contributed by atoms with van der Waals surface area (Å²) in [5.41, 5.74) is 0. The SMILES string of the molecule is CCCCCCCCCCCCCCCCCCCCCCN(CCCCCCCCCCCCCCCCCCCCCC)C(C)C(=O)[O-].[K+]. The summed E-state index contributed by atoms with van der Waals surface area (Å²) >= 11 is 0. The fraction of sp³-hybridized carbons (Fsp3) is 0.979. The Morgan fingerprint density at radius 3 is 0.667 bits per heavy atom. The first-order chi connectivity index (χ1) is 24.6. The second-order valence-corrected chi connectivity index (χ2v) is 16.5. The largest absolute Gasteiger partial charge is 1.00 e. The van der Waals surface area contributed by atoms with Crippen molar-refractivity contribution in [1.29, 1.82) is 0 Å². The summed E-state index contributed by atoms with van der Waals surface area (Å²) in [6.07, 6.45) is 55.7. The van der Waals surface area contributed by atoms with Gasteiger partial charge in [0.15, 0.2) is 0 Å². The van der Waals surface area contributed by atoms with Gasteiger partial charge in [-0.1, -0.05) is 258 Å². The van der Waals surface area contributed by atoms with Crippen molar-refractivity contribution in [3.8, 4) is 0 Å². The molecule has 0 N–H and O–H groups in total. The average molecular weight is 744 g/mol. The molecule has 0 fully saturated rings. The Balaban J connectivity index is 0. The van der Waals surface area contributed by atoms with Crippen molar-refractivity contribution in [3.63, 3.8) is 0 Å². The van der Waals surface area contributed by atoms with Crippen molar-refractivity contribution in [2.24, 2.45) is 0 Å². The van der Waals surface area contributed by atoms with E-state index < -0.39 is 12.0 Å². The molecule has 4 heteroatoms. The van der Waals surface area contributed by atoms with Gasteiger partial charge >= 0.3 is 51.4 Å². The molecule has 0 aliphatic rings. The second kappa shape index (κ2) is 47.2. The molecule has 0 aromatic heterocycles. The zero-order chi connectivity index (χ0) is 36.4. The quantitative estimate of drug-likeness (QED) is 0.0461. The molecule has 0 aromatic rings. The molecule has 0 amide bonds. The molecule has 300 valence electrons. The Bertz CT molecular complexity index is 600. The first-order valence-corrected chi connectivity index (χ1v) is 23.6. The maximum atomic E-state index is 11.6. The molecule has 0 spiro atoms. The number of carbonyl (C=O) groups is 1. The Labute approximate surface area is 365 Å². The fourth-order valence-electron chi connectivity index (χ4n) is 7.79. The predicted octanol–water partition coefficient (Wildman–Crippen LogP) is 12.1. The number of hydrogen-bond donors (Lipinski definition) is 0. The summed E-state index contributed by atoms with van der Waals surface area (Å²) in [5.74, 6) is -0.911. The Kier molecular flexibility index (Phi) is 50.2. The normalized spacial score (nSPS) is 12.1. The van der Waals surface area contributed by atoms with Crippen molar-refractivity contribution < 1.29 is 61.3 Å². The first kappa shape index (κ1) is 54.2. The monoisotopic (exact) mass is 744 g/mol. The average Bonchev–Trinajstić information content (AvgIpc) is 3.12. The number of unbranched alkanes of at least 4 members (excludes halogenated alkanes) is 38. The van der Waals surface area contributed by atoms with Crippen LogP contribution in [0.5, 0.6) is 0 Å². The van der Waals surface area contributed by atoms with Gasteiger partial charge in [-0.25, -0.2) is 0 Å². The molecule has 3 nitrogen and oxygen atoms in total. The van der Waals surface area contributed by atoms with Gasteiger partial charge in [0, 0.05) is 6.04 Å². The van der Waals surface area contributed by atoms with E-state index >= 15 is 0 Å². The minimum atomic E-state index is -0.911. The van der Waals surface area contributed by atoms with Crippen LogP contribution in [-0.4, -0.2) is 30.0 Å². The zero-order valence-electron chi connectivity index (χ0n) is 36.0. The number of carboxylic acids is 1. The summed E-state index contributed by atoms with van der Waals surface area (Å²) in [6.45, 7) is 8.24. The van der Waals surface area contributed by atoms with Crippen LogP contribution in [0.15, 0.2) is 0 Å². The maximum absolute atomic E-state index is 11.6. The molecule has 0 aliphatic carbocycles. The van der Waals surface area contributed by atoms with Crippen LogP contribution in [0.2, 0.25) is 0 Å². The minimum absolute atomic E-state index is 0. The minimum Gasteiger partial charge on any atom is -0.548 e. The molecule has 0 saturated heterocycles. The molecular weight excluding hydrogens is 650 g/mol. The van der Waals surface area contributed by atoms with Crippen molar-refractivity contribution in [3.05, 3.63) is 0 Å². The number of hydrogen-bond acceptors (Lipinski definition) is 3. The predicted molar refractivity (Wildman–Crippen MR) is 222 cm³/mol. The van der Waals surface area contributed by atoms with E-state index in [1.54, 1.807) is 0 Å². The van der Waals surface area contributed by atoms with Crippen molar-refractivity contribution in [2.75, 3.05) is 13.1 Å². The van der Waals surface area contributed by atoms with E-state index in [1.165, 1.54) is 244 Å². The van der Waals surface area contributed by atoms with Crippen molar-refractivity contribution >= 4 is 5.97 Å². The van der Waals surface area contributed by atoms with Gasteiger partial charge in [0.2, 0.25) is 0 Å². The third kappa shape index (κ3) is 43.7. The Hall–Kier alpha value is 1.07. The van der Waals surface area contributed by atoms with Crippen molar-refractivity contribution in [2.45, 2.75) is 284 Å². The zero-order valence-corrected chi connectivity index (χ0v) is 39.2. The van der Waals surface area contributed by atoms with E-state index in [0.29, 0.717) is 0 Å². The smallest absolute Gasteiger partial charge is 0.548 e. The van der Waals surface area contributed by atoms with Crippen LogP contribution in [0, 0.1) is 0 Å². The second-order valence-electron chi connectivity index (χ2n) is 16.5. The van der Waals surface area contributed by atoms with E-state index in [2.05, 4.69) is 18.7 Å². The summed E-state index contributed by atoms with van der Waals surface area (Å²) < 4.78 is 0. The van der Waals surface area contributed by atoms with Crippen LogP contribution in [0.3, 0.4) is 0 Å². The summed E-state index contributed by atoms with van der Waals surface area (Å²) in [7, 11) is 0. The van der Waals surface area contributed by atoms with Gasteiger partial charge in [0.1, 0.15) is 0 Å². The fourth-order valence-corrected chi connectivity index (χ4v) is 7.79. The van der Waals surface area contributed by atoms with E-state index in [9.17, 15) is 9.90 Å². The maximum Gasteiger partial charge on any atom is 1.00 e. The van der Waals surface area contributed by atoms with E-state index in [1.807, 2.05) is 6.92 Å². The first-order valence-electron chi connectivity index (χ1n) is 23.6. The molecule has 1 atom stereocenters. The van der Waals surface area contributed by atoms with E-state index in [-0.39, 0.29) is 51.4 Å². The van der Waals surface area contributed by atoms with Crippen LogP contribution >= 0.6 is 0 Å². The Morgan fingerprint density at radius 1 is 0.353 bits per heavy atom. The number of aliphatic carboxylic acids is 1. The number of carboxylic acid groups (broad SMARTS) is 1. The van der Waals surface area contributed by atoms with Crippen LogP contribution in [0.4, 0.5) is 0 Å². The van der Waals surface area contributed by atoms with Gasteiger partial charge in [0.05, 0.1) is 5.97 Å². The molecule has 0 saturated carbocycles. The molecule has 1 unspecified atom stereocenters. The molecule has 0 aromatic carbocycles. The van der Waals surface area contributed by atoms with E-state index in [4.69, 9.17) is 0 Å². The number of nitrogens with zero attached hydrogens (tertiary/aromatic N) is 1. The molecular formula is C47H94KNO2. The van der Waals surface area contributed by atoms with E-state index in [0.717, 1.165) is 25.9 Å². The van der Waals surface area contributed by atoms with Gasteiger partial charge < -0.3 is 9.90 Å². The summed E-state index contributed by atoms with van der Waals surface area (Å²) in [5, 5.41) is 11.6. The molecule has 0 aliphatic heterocycles. The van der Waals surface area contributed by atoms with Gasteiger partial charge in [0.25, 0.3) is 0 Å². The molecule has 0 heterocycles. The topological polar surface area (TPSA) is 43.4 Å². The van der Waals surface area contributed by atoms with Crippen LogP contribution in [-0.2, 0) is 4.79 Å². The van der Waals surface area contributed by atoms with Gasteiger partial charge in [-0.15, -0.1) is 0 Å². The molecule has 0 radical (unpaired) electrons. The van der Waals surface area contributed by atoms with Gasteiger partial charge in [-0.3, -0.25) is 4.90 Å².